The summed E-state index contributed by atoms with van der Waals surface area (Å²) in [6.45, 7) is 0.691. The second-order valence-electron chi connectivity index (χ2n) is 4.84. The van der Waals surface area contributed by atoms with E-state index in [2.05, 4.69) is 10.3 Å². The summed E-state index contributed by atoms with van der Waals surface area (Å²) in [5.74, 6) is 0.795. The fourth-order valence-corrected chi connectivity index (χ4v) is 2.73. The van der Waals surface area contributed by atoms with E-state index in [0.717, 1.165) is 28.3 Å². The number of nitrogens with one attached hydrogen (secondary N) is 1. The number of carbonyl (C=O) groups is 1. The van der Waals surface area contributed by atoms with Gasteiger partial charge in [-0.1, -0.05) is 30.3 Å². The van der Waals surface area contributed by atoms with Gasteiger partial charge in [0, 0.05) is 24.9 Å². The van der Waals surface area contributed by atoms with Crippen molar-refractivity contribution >= 4 is 17.7 Å². The van der Waals surface area contributed by atoms with Crippen LogP contribution in [0.5, 0.6) is 0 Å². The molecular weight excluding hydrogens is 296 g/mol. The molecule has 2 N–H and O–H groups in total. The lowest BCUT2D eigenvalue weighted by Crippen LogP contribution is -2.25. The van der Waals surface area contributed by atoms with Crippen LogP contribution in [0.1, 0.15) is 17.5 Å². The third-order valence-corrected chi connectivity index (χ3v) is 4.10. The number of pyridine rings is 1. The highest BCUT2D eigenvalue weighted by Crippen LogP contribution is 2.14. The second kappa shape index (κ2) is 9.23. The summed E-state index contributed by atoms with van der Waals surface area (Å²) in [5.41, 5.74) is 2.06. The molecule has 0 aliphatic rings. The number of aromatic nitrogens is 1. The molecule has 0 saturated heterocycles. The van der Waals surface area contributed by atoms with Gasteiger partial charge in [-0.3, -0.25) is 4.79 Å². The van der Waals surface area contributed by atoms with Gasteiger partial charge in [0.15, 0.2) is 0 Å². The zero-order chi connectivity index (χ0) is 15.6. The zero-order valence-corrected chi connectivity index (χ0v) is 13.2. The molecule has 4 nitrogen and oxygen atoms in total. The van der Waals surface area contributed by atoms with Crippen molar-refractivity contribution in [2.75, 3.05) is 12.3 Å². The number of amides is 1. The highest BCUT2D eigenvalue weighted by Gasteiger charge is 2.02. The monoisotopic (exact) mass is 316 g/mol. The van der Waals surface area contributed by atoms with Gasteiger partial charge < -0.3 is 10.4 Å². The molecule has 0 radical (unpaired) electrons. The quantitative estimate of drug-likeness (QED) is 0.734. The van der Waals surface area contributed by atoms with Gasteiger partial charge in [-0.25, -0.2) is 4.98 Å². The molecule has 1 heterocycles. The first kappa shape index (κ1) is 16.5. The van der Waals surface area contributed by atoms with Crippen LogP contribution in [0.2, 0.25) is 0 Å². The lowest BCUT2D eigenvalue weighted by molar-refractivity contribution is -0.120. The molecule has 2 rings (SSSR count). The van der Waals surface area contributed by atoms with Crippen LogP contribution in [0.3, 0.4) is 0 Å². The van der Waals surface area contributed by atoms with Crippen molar-refractivity contribution in [3.05, 3.63) is 59.8 Å². The largest absolute Gasteiger partial charge is 0.392 e. The van der Waals surface area contributed by atoms with Crippen LogP contribution in [-0.2, 0) is 17.8 Å². The van der Waals surface area contributed by atoms with E-state index in [-0.39, 0.29) is 12.5 Å². The molecule has 1 aromatic carbocycles. The van der Waals surface area contributed by atoms with Gasteiger partial charge in [0.1, 0.15) is 0 Å². The Balaban J connectivity index is 1.61. The average Bonchev–Trinajstić information content (AvgIpc) is 2.56. The molecule has 0 saturated carbocycles. The van der Waals surface area contributed by atoms with Crippen LogP contribution in [-0.4, -0.2) is 28.3 Å². The van der Waals surface area contributed by atoms with Gasteiger partial charge in [-0.2, -0.15) is 0 Å². The Morgan fingerprint density at radius 3 is 2.59 bits per heavy atom. The topological polar surface area (TPSA) is 62.2 Å². The molecule has 0 unspecified atom stereocenters. The maximum absolute atomic E-state index is 11.7. The van der Waals surface area contributed by atoms with Crippen molar-refractivity contribution in [1.29, 1.82) is 0 Å². The van der Waals surface area contributed by atoms with Gasteiger partial charge in [0.25, 0.3) is 0 Å². The molecule has 22 heavy (non-hydrogen) atoms. The minimum atomic E-state index is 0.0605. The van der Waals surface area contributed by atoms with Crippen molar-refractivity contribution in [2.45, 2.75) is 24.5 Å². The molecule has 0 spiro atoms. The lowest BCUT2D eigenvalue weighted by atomic mass is 10.1. The summed E-state index contributed by atoms with van der Waals surface area (Å²) >= 11 is 1.59. The second-order valence-corrected chi connectivity index (χ2v) is 5.96. The number of rotatable bonds is 8. The maximum Gasteiger partial charge on any atom is 0.220 e. The van der Waals surface area contributed by atoms with E-state index < -0.39 is 0 Å². The molecule has 1 aromatic heterocycles. The number of aliphatic hydroxyl groups is 1. The average molecular weight is 316 g/mol. The highest BCUT2D eigenvalue weighted by molar-refractivity contribution is 7.99. The van der Waals surface area contributed by atoms with E-state index >= 15 is 0 Å². The first-order valence-electron chi connectivity index (χ1n) is 7.27. The van der Waals surface area contributed by atoms with Gasteiger partial charge in [0.2, 0.25) is 5.91 Å². The van der Waals surface area contributed by atoms with E-state index in [1.165, 1.54) is 0 Å². The van der Waals surface area contributed by atoms with Crippen molar-refractivity contribution in [1.82, 2.24) is 10.3 Å². The Kier molecular flexibility index (Phi) is 6.93. The number of benzene rings is 1. The minimum absolute atomic E-state index is 0.0605. The Morgan fingerprint density at radius 2 is 1.91 bits per heavy atom. The van der Waals surface area contributed by atoms with Crippen molar-refractivity contribution in [3.8, 4) is 0 Å². The summed E-state index contributed by atoms with van der Waals surface area (Å²) in [4.78, 5) is 16.0. The van der Waals surface area contributed by atoms with Gasteiger partial charge >= 0.3 is 0 Å². The van der Waals surface area contributed by atoms with Crippen LogP contribution in [0.15, 0.2) is 53.7 Å². The number of carbonyl (C=O) groups excluding carboxylic acids is 1. The van der Waals surface area contributed by atoms with Crippen molar-refractivity contribution in [2.24, 2.45) is 0 Å². The SMILES string of the molecule is O=C(CCSc1ccccn1)NCCc1ccc(CO)cc1. The molecule has 2 aromatic rings. The molecular formula is C17H20N2O2S. The lowest BCUT2D eigenvalue weighted by Gasteiger charge is -2.06. The Bertz CT molecular complexity index is 573. The maximum atomic E-state index is 11.7. The summed E-state index contributed by atoms with van der Waals surface area (Å²) in [5, 5.41) is 12.8. The smallest absolute Gasteiger partial charge is 0.220 e. The number of nitrogens with zero attached hydrogens (tertiary/aromatic N) is 1. The van der Waals surface area contributed by atoms with Gasteiger partial charge in [-0.05, 0) is 29.7 Å². The predicted octanol–water partition coefficient (Wildman–Crippen LogP) is 2.42. The van der Waals surface area contributed by atoms with E-state index in [1.807, 2.05) is 42.5 Å². The predicted molar refractivity (Wildman–Crippen MR) is 88.7 cm³/mol. The summed E-state index contributed by atoms with van der Waals surface area (Å²) in [7, 11) is 0. The highest BCUT2D eigenvalue weighted by atomic mass is 32.2. The van der Waals surface area contributed by atoms with Gasteiger partial charge in [0.05, 0.1) is 11.6 Å². The van der Waals surface area contributed by atoms with Crippen LogP contribution in [0, 0.1) is 0 Å². The molecule has 116 valence electrons. The number of hydrogen-bond acceptors (Lipinski definition) is 4. The standard InChI is InChI=1S/C17H20N2O2S/c20-13-15-6-4-14(5-7-15)8-11-18-16(21)9-12-22-17-3-1-2-10-19-17/h1-7,10,20H,8-9,11-13H2,(H,18,21). The number of thioether (sulfide) groups is 1. The van der Waals surface area contributed by atoms with E-state index in [9.17, 15) is 4.79 Å². The van der Waals surface area contributed by atoms with Gasteiger partial charge in [-0.15, -0.1) is 11.8 Å². The third-order valence-electron chi connectivity index (χ3n) is 3.16. The normalized spacial score (nSPS) is 10.4. The Labute approximate surface area is 135 Å². The van der Waals surface area contributed by atoms with Crippen LogP contribution >= 0.6 is 11.8 Å². The molecule has 1 amide bonds. The minimum Gasteiger partial charge on any atom is -0.392 e. The molecule has 0 atom stereocenters. The molecule has 0 aliphatic carbocycles. The number of aliphatic hydroxyl groups excluding tert-OH is 1. The van der Waals surface area contributed by atoms with Crippen molar-refractivity contribution in [3.63, 3.8) is 0 Å². The number of hydrogen-bond donors (Lipinski definition) is 2. The summed E-state index contributed by atoms with van der Waals surface area (Å²) in [6.07, 6.45) is 3.04. The first-order valence-corrected chi connectivity index (χ1v) is 8.25. The zero-order valence-electron chi connectivity index (χ0n) is 12.4. The van der Waals surface area contributed by atoms with Crippen LogP contribution < -0.4 is 5.32 Å². The molecule has 0 bridgehead atoms. The summed E-state index contributed by atoms with van der Waals surface area (Å²) in [6, 6.07) is 13.5. The van der Waals surface area contributed by atoms with E-state index in [1.54, 1.807) is 18.0 Å². The van der Waals surface area contributed by atoms with Crippen LogP contribution in [0.25, 0.3) is 0 Å². The molecule has 0 fully saturated rings. The van der Waals surface area contributed by atoms with E-state index in [0.29, 0.717) is 13.0 Å². The Hall–Kier alpha value is -1.85. The fraction of sp³-hybridized carbons (Fsp3) is 0.294. The Morgan fingerprint density at radius 1 is 1.14 bits per heavy atom. The van der Waals surface area contributed by atoms with Crippen LogP contribution in [0.4, 0.5) is 0 Å². The third kappa shape index (κ3) is 5.87. The summed E-state index contributed by atoms with van der Waals surface area (Å²) < 4.78 is 0. The fourth-order valence-electron chi connectivity index (χ4n) is 1.93. The molecule has 0 aliphatic heterocycles. The van der Waals surface area contributed by atoms with E-state index in [4.69, 9.17) is 5.11 Å². The first-order chi connectivity index (χ1) is 10.8. The molecule has 5 heteroatoms. The van der Waals surface area contributed by atoms with Crippen molar-refractivity contribution < 1.29 is 9.90 Å².